The van der Waals surface area contributed by atoms with Crippen LogP contribution in [0.3, 0.4) is 0 Å². The number of nitrogens with zero attached hydrogens (tertiary/aromatic N) is 2. The average Bonchev–Trinajstić information content (AvgIpc) is 3.21. The number of hydrogen-bond donors (Lipinski definition) is 0. The van der Waals surface area contributed by atoms with Crippen molar-refractivity contribution in [1.29, 1.82) is 0 Å². The summed E-state index contributed by atoms with van der Waals surface area (Å²) in [5.41, 5.74) is 3.35. The van der Waals surface area contributed by atoms with E-state index in [1.807, 2.05) is 24.0 Å². The number of furan rings is 1. The minimum absolute atomic E-state index is 0.0794. The van der Waals surface area contributed by atoms with Gasteiger partial charge in [0.25, 0.3) is 5.91 Å². The average molecular weight is 345 g/mol. The van der Waals surface area contributed by atoms with Gasteiger partial charge in [-0.15, -0.1) is 0 Å². The molecule has 24 heavy (non-hydrogen) atoms. The first-order valence-corrected chi connectivity index (χ1v) is 8.87. The molecule has 2 aromatic rings. The van der Waals surface area contributed by atoms with Gasteiger partial charge in [-0.3, -0.25) is 9.69 Å². The van der Waals surface area contributed by atoms with Crippen LogP contribution in [0.15, 0.2) is 34.9 Å². The minimum Gasteiger partial charge on any atom is -0.469 e. The van der Waals surface area contributed by atoms with Gasteiger partial charge in [-0.25, -0.2) is 0 Å². The van der Waals surface area contributed by atoms with Crippen LogP contribution in [0.5, 0.6) is 0 Å². The van der Waals surface area contributed by atoms with E-state index in [0.717, 1.165) is 44.0 Å². The topological polar surface area (TPSA) is 36.7 Å². The van der Waals surface area contributed by atoms with Crippen molar-refractivity contribution < 1.29 is 9.21 Å². The summed E-state index contributed by atoms with van der Waals surface area (Å²) in [6, 6.07) is 8.42. The molecule has 2 aliphatic rings. The molecule has 0 spiro atoms. The lowest BCUT2D eigenvalue weighted by Crippen LogP contribution is -2.49. The fourth-order valence-corrected chi connectivity index (χ4v) is 4.26. The van der Waals surface area contributed by atoms with E-state index >= 15 is 0 Å². The zero-order chi connectivity index (χ0) is 16.7. The Bertz CT molecular complexity index is 762. The fourth-order valence-electron chi connectivity index (χ4n) is 3.98. The van der Waals surface area contributed by atoms with E-state index in [-0.39, 0.29) is 5.91 Å². The Morgan fingerprint density at radius 2 is 2.00 bits per heavy atom. The number of amides is 1. The molecule has 1 aromatic heterocycles. The maximum atomic E-state index is 12.6. The van der Waals surface area contributed by atoms with Crippen molar-refractivity contribution in [2.45, 2.75) is 25.8 Å². The van der Waals surface area contributed by atoms with E-state index in [1.165, 1.54) is 11.1 Å². The third-order valence-electron chi connectivity index (χ3n) is 5.31. The molecule has 4 nitrogen and oxygen atoms in total. The van der Waals surface area contributed by atoms with Crippen molar-refractivity contribution in [3.63, 3.8) is 0 Å². The molecule has 0 bridgehead atoms. The van der Waals surface area contributed by atoms with Crippen LogP contribution in [0.25, 0.3) is 0 Å². The highest BCUT2D eigenvalue weighted by molar-refractivity contribution is 6.31. The zero-order valence-corrected chi connectivity index (χ0v) is 14.6. The second-order valence-electron chi connectivity index (χ2n) is 6.58. The predicted molar refractivity (Wildman–Crippen MR) is 93.4 cm³/mol. The van der Waals surface area contributed by atoms with E-state index in [2.05, 4.69) is 11.0 Å². The standard InChI is InChI=1S/C19H21ClN2O2/c1-13-14(7-12-24-13)19(23)22-10-8-21(9-11-22)18-6-5-15-16(18)3-2-4-17(15)20/h2-4,7,12,18H,5-6,8-11H2,1H3. The van der Waals surface area contributed by atoms with Gasteiger partial charge in [0.05, 0.1) is 11.8 Å². The highest BCUT2D eigenvalue weighted by Gasteiger charge is 2.32. The molecule has 1 unspecified atom stereocenters. The van der Waals surface area contributed by atoms with Crippen LogP contribution in [-0.2, 0) is 6.42 Å². The van der Waals surface area contributed by atoms with E-state index in [9.17, 15) is 4.79 Å². The SMILES string of the molecule is Cc1occc1C(=O)N1CCN(C2CCc3c(Cl)cccc32)CC1. The quantitative estimate of drug-likeness (QED) is 0.833. The van der Waals surface area contributed by atoms with Crippen LogP contribution in [-0.4, -0.2) is 41.9 Å². The smallest absolute Gasteiger partial charge is 0.257 e. The molecule has 1 aliphatic heterocycles. The molecule has 0 radical (unpaired) electrons. The van der Waals surface area contributed by atoms with Crippen molar-refractivity contribution in [2.24, 2.45) is 0 Å². The van der Waals surface area contributed by atoms with Crippen LogP contribution < -0.4 is 0 Å². The molecule has 1 saturated heterocycles. The molecule has 1 fully saturated rings. The van der Waals surface area contributed by atoms with Crippen molar-refractivity contribution in [2.75, 3.05) is 26.2 Å². The third-order valence-corrected chi connectivity index (χ3v) is 5.67. The van der Waals surface area contributed by atoms with Crippen LogP contribution in [0, 0.1) is 6.92 Å². The van der Waals surface area contributed by atoms with Gasteiger partial charge in [-0.1, -0.05) is 23.7 Å². The Morgan fingerprint density at radius 3 is 2.71 bits per heavy atom. The van der Waals surface area contributed by atoms with Crippen LogP contribution in [0.4, 0.5) is 0 Å². The van der Waals surface area contributed by atoms with Crippen LogP contribution >= 0.6 is 11.6 Å². The van der Waals surface area contributed by atoms with E-state index in [0.29, 0.717) is 17.4 Å². The maximum absolute atomic E-state index is 12.6. The van der Waals surface area contributed by atoms with Crippen LogP contribution in [0.2, 0.25) is 5.02 Å². The number of carbonyl (C=O) groups excluding carboxylic acids is 1. The highest BCUT2D eigenvalue weighted by Crippen LogP contribution is 2.39. The second-order valence-corrected chi connectivity index (χ2v) is 6.99. The molecule has 1 aliphatic carbocycles. The number of hydrogen-bond acceptors (Lipinski definition) is 3. The summed E-state index contributed by atoms with van der Waals surface area (Å²) in [5, 5.41) is 0.888. The Kier molecular flexibility index (Phi) is 4.10. The Labute approximate surface area is 147 Å². The van der Waals surface area contributed by atoms with E-state index in [4.69, 9.17) is 16.0 Å². The number of carbonyl (C=O) groups is 1. The first kappa shape index (κ1) is 15.7. The van der Waals surface area contributed by atoms with Gasteiger partial charge >= 0.3 is 0 Å². The maximum Gasteiger partial charge on any atom is 0.257 e. The van der Waals surface area contributed by atoms with E-state index < -0.39 is 0 Å². The molecule has 126 valence electrons. The van der Waals surface area contributed by atoms with Gasteiger partial charge < -0.3 is 9.32 Å². The van der Waals surface area contributed by atoms with Gasteiger partial charge in [0.1, 0.15) is 5.76 Å². The van der Waals surface area contributed by atoms with Gasteiger partial charge in [0, 0.05) is 37.2 Å². The molecule has 1 aromatic carbocycles. The highest BCUT2D eigenvalue weighted by atomic mass is 35.5. The number of benzene rings is 1. The molecule has 4 rings (SSSR count). The third kappa shape index (κ3) is 2.64. The Morgan fingerprint density at radius 1 is 1.21 bits per heavy atom. The lowest BCUT2D eigenvalue weighted by Gasteiger charge is -2.38. The summed E-state index contributed by atoms with van der Waals surface area (Å²) in [5.74, 6) is 0.776. The van der Waals surface area contributed by atoms with Gasteiger partial charge in [0.2, 0.25) is 0 Å². The van der Waals surface area contributed by atoms with Gasteiger partial charge in [-0.2, -0.15) is 0 Å². The monoisotopic (exact) mass is 344 g/mol. The largest absolute Gasteiger partial charge is 0.469 e. The first-order valence-electron chi connectivity index (χ1n) is 8.50. The van der Waals surface area contributed by atoms with E-state index in [1.54, 1.807) is 12.3 Å². The van der Waals surface area contributed by atoms with Crippen molar-refractivity contribution in [1.82, 2.24) is 9.80 Å². The zero-order valence-electron chi connectivity index (χ0n) is 13.8. The van der Waals surface area contributed by atoms with Gasteiger partial charge in [-0.05, 0) is 43.0 Å². The van der Waals surface area contributed by atoms with Crippen molar-refractivity contribution >= 4 is 17.5 Å². The first-order chi connectivity index (χ1) is 11.6. The summed E-state index contributed by atoms with van der Waals surface area (Å²) in [6.45, 7) is 5.16. The Hall–Kier alpha value is -1.78. The summed E-state index contributed by atoms with van der Waals surface area (Å²) in [4.78, 5) is 17.0. The second kappa shape index (κ2) is 6.26. The molecule has 0 N–H and O–H groups in total. The summed E-state index contributed by atoms with van der Waals surface area (Å²) in [7, 11) is 0. The number of halogens is 1. The molecule has 0 saturated carbocycles. The summed E-state index contributed by atoms with van der Waals surface area (Å²) < 4.78 is 5.26. The molecule has 1 amide bonds. The Balaban J connectivity index is 1.44. The minimum atomic E-state index is 0.0794. The predicted octanol–water partition coefficient (Wildman–Crippen LogP) is 3.69. The molecular weight excluding hydrogens is 324 g/mol. The lowest BCUT2D eigenvalue weighted by atomic mass is 10.1. The summed E-state index contributed by atoms with van der Waals surface area (Å²) in [6.07, 6.45) is 3.75. The molecule has 1 atom stereocenters. The lowest BCUT2D eigenvalue weighted by molar-refractivity contribution is 0.0566. The molecule has 2 heterocycles. The summed E-state index contributed by atoms with van der Waals surface area (Å²) >= 11 is 6.33. The molecule has 5 heteroatoms. The normalized spacial score (nSPS) is 21.1. The number of rotatable bonds is 2. The number of aryl methyl sites for hydroxylation is 1. The fraction of sp³-hybridized carbons (Fsp3) is 0.421. The van der Waals surface area contributed by atoms with Crippen LogP contribution in [0.1, 0.15) is 39.7 Å². The van der Waals surface area contributed by atoms with Crippen molar-refractivity contribution in [3.8, 4) is 0 Å². The molecular formula is C19H21ClN2O2. The van der Waals surface area contributed by atoms with Gasteiger partial charge in [0.15, 0.2) is 0 Å². The number of fused-ring (bicyclic) bond motifs is 1. The van der Waals surface area contributed by atoms with Crippen molar-refractivity contribution in [3.05, 3.63) is 58.0 Å². The number of piperazine rings is 1.